The summed E-state index contributed by atoms with van der Waals surface area (Å²) in [6, 6.07) is 0. The minimum atomic E-state index is -0.334. The summed E-state index contributed by atoms with van der Waals surface area (Å²) in [7, 11) is 0. The first-order valence-electron chi connectivity index (χ1n) is 5.17. The maximum atomic E-state index is 11.4. The van der Waals surface area contributed by atoms with Gasteiger partial charge in [0, 0.05) is 12.1 Å². The Balaban J connectivity index is 3.75. The summed E-state index contributed by atoms with van der Waals surface area (Å²) in [6.45, 7) is 10.7. The van der Waals surface area contributed by atoms with E-state index < -0.39 is 0 Å². The second-order valence-electron chi connectivity index (χ2n) is 4.23. The van der Waals surface area contributed by atoms with Crippen LogP contribution in [0.5, 0.6) is 0 Å². The largest absolute Gasteiger partial charge is 0.353 e. The van der Waals surface area contributed by atoms with Gasteiger partial charge in [-0.25, -0.2) is 0 Å². The monoisotopic (exact) mass is 201 g/mol. The fourth-order valence-corrected chi connectivity index (χ4v) is 1.03. The molecule has 1 amide bonds. The van der Waals surface area contributed by atoms with E-state index in [1.807, 2.05) is 27.7 Å². The van der Waals surface area contributed by atoms with Gasteiger partial charge in [-0.3, -0.25) is 9.69 Å². The third-order valence-electron chi connectivity index (χ3n) is 2.00. The van der Waals surface area contributed by atoms with E-state index in [4.69, 9.17) is 5.73 Å². The fraction of sp³-hybridized carbons (Fsp3) is 0.900. The topological polar surface area (TPSA) is 58.4 Å². The number of hydrogen-bond donors (Lipinski definition) is 2. The Hall–Kier alpha value is -0.610. The third kappa shape index (κ3) is 6.86. The van der Waals surface area contributed by atoms with Gasteiger partial charge in [0.1, 0.15) is 0 Å². The Bertz CT molecular complexity index is 171. The van der Waals surface area contributed by atoms with E-state index in [-0.39, 0.29) is 11.4 Å². The summed E-state index contributed by atoms with van der Waals surface area (Å²) in [6.07, 6.45) is 0. The van der Waals surface area contributed by atoms with Gasteiger partial charge >= 0.3 is 0 Å². The van der Waals surface area contributed by atoms with Crippen molar-refractivity contribution in [2.24, 2.45) is 5.73 Å². The maximum absolute atomic E-state index is 11.4. The number of rotatable bonds is 6. The van der Waals surface area contributed by atoms with E-state index in [1.54, 1.807) is 0 Å². The summed E-state index contributed by atoms with van der Waals surface area (Å²) in [4.78, 5) is 13.5. The van der Waals surface area contributed by atoms with Crippen LogP contribution in [-0.4, -0.2) is 42.5 Å². The molecule has 0 bridgehead atoms. The smallest absolute Gasteiger partial charge is 0.234 e. The Kier molecular flexibility index (Phi) is 5.72. The molecule has 0 aromatic rings. The predicted octanol–water partition coefficient (Wildman–Crippen LogP) is 0.182. The molecule has 0 rings (SSSR count). The first-order chi connectivity index (χ1) is 6.39. The van der Waals surface area contributed by atoms with Crippen LogP contribution in [0, 0.1) is 0 Å². The summed E-state index contributed by atoms with van der Waals surface area (Å²) < 4.78 is 0. The molecule has 0 aliphatic heterocycles. The molecular weight excluding hydrogens is 178 g/mol. The van der Waals surface area contributed by atoms with Crippen molar-refractivity contribution in [1.29, 1.82) is 0 Å². The molecular formula is C10H23N3O. The molecule has 0 fully saturated rings. The van der Waals surface area contributed by atoms with E-state index in [1.165, 1.54) is 0 Å². The molecule has 0 aliphatic carbocycles. The molecule has 0 saturated carbocycles. The maximum Gasteiger partial charge on any atom is 0.234 e. The second-order valence-corrected chi connectivity index (χ2v) is 4.23. The quantitative estimate of drug-likeness (QED) is 0.644. The molecule has 0 spiro atoms. The molecule has 0 aromatic heterocycles. The number of nitrogens with two attached hydrogens (primary N) is 1. The van der Waals surface area contributed by atoms with Gasteiger partial charge in [0.25, 0.3) is 0 Å². The van der Waals surface area contributed by atoms with Gasteiger partial charge in [-0.05, 0) is 26.9 Å². The van der Waals surface area contributed by atoms with Crippen molar-refractivity contribution >= 4 is 5.91 Å². The van der Waals surface area contributed by atoms with Crippen molar-refractivity contribution in [1.82, 2.24) is 10.2 Å². The van der Waals surface area contributed by atoms with Crippen LogP contribution in [0.15, 0.2) is 0 Å². The lowest BCUT2D eigenvalue weighted by Crippen LogP contribution is -2.47. The molecule has 0 atom stereocenters. The minimum absolute atomic E-state index is 0.0484. The van der Waals surface area contributed by atoms with Crippen molar-refractivity contribution in [2.75, 3.05) is 26.2 Å². The first kappa shape index (κ1) is 13.4. The average Bonchev–Trinajstić information content (AvgIpc) is 2.09. The number of carbonyl (C=O) groups excluding carboxylic acids is 1. The standard InChI is InChI=1S/C10H23N3O/c1-5-13(6-2)7-9(14)12-8-10(3,4)11/h5-8,11H2,1-4H3,(H,12,14). The highest BCUT2D eigenvalue weighted by Gasteiger charge is 2.13. The molecule has 3 N–H and O–H groups in total. The summed E-state index contributed by atoms with van der Waals surface area (Å²) in [5, 5.41) is 2.82. The number of hydrogen-bond acceptors (Lipinski definition) is 3. The van der Waals surface area contributed by atoms with Gasteiger partial charge in [0.2, 0.25) is 5.91 Å². The molecule has 84 valence electrons. The van der Waals surface area contributed by atoms with Crippen LogP contribution < -0.4 is 11.1 Å². The predicted molar refractivity (Wildman–Crippen MR) is 59.1 cm³/mol. The average molecular weight is 201 g/mol. The van der Waals surface area contributed by atoms with Gasteiger partial charge < -0.3 is 11.1 Å². The zero-order chi connectivity index (χ0) is 11.2. The summed E-state index contributed by atoms with van der Waals surface area (Å²) in [5.74, 6) is 0.0484. The van der Waals surface area contributed by atoms with Gasteiger partial charge in [0.05, 0.1) is 6.54 Å². The van der Waals surface area contributed by atoms with Crippen LogP contribution in [-0.2, 0) is 4.79 Å². The van der Waals surface area contributed by atoms with E-state index in [9.17, 15) is 4.79 Å². The molecule has 0 unspecified atom stereocenters. The van der Waals surface area contributed by atoms with E-state index in [2.05, 4.69) is 10.2 Å². The number of nitrogens with one attached hydrogen (secondary N) is 1. The molecule has 14 heavy (non-hydrogen) atoms. The van der Waals surface area contributed by atoms with Gasteiger partial charge in [-0.2, -0.15) is 0 Å². The van der Waals surface area contributed by atoms with Crippen molar-refractivity contribution in [2.45, 2.75) is 33.2 Å². The van der Waals surface area contributed by atoms with Crippen LogP contribution >= 0.6 is 0 Å². The highest BCUT2D eigenvalue weighted by Crippen LogP contribution is 1.93. The third-order valence-corrected chi connectivity index (χ3v) is 2.00. The molecule has 4 nitrogen and oxygen atoms in total. The van der Waals surface area contributed by atoms with Crippen LogP contribution in [0.25, 0.3) is 0 Å². The highest BCUT2D eigenvalue weighted by atomic mass is 16.2. The molecule has 0 aliphatic rings. The summed E-state index contributed by atoms with van der Waals surface area (Å²) >= 11 is 0. The van der Waals surface area contributed by atoms with Crippen LogP contribution in [0.3, 0.4) is 0 Å². The zero-order valence-electron chi connectivity index (χ0n) is 9.76. The number of nitrogens with zero attached hydrogens (tertiary/aromatic N) is 1. The van der Waals surface area contributed by atoms with Crippen LogP contribution in [0.4, 0.5) is 0 Å². The van der Waals surface area contributed by atoms with Crippen LogP contribution in [0.1, 0.15) is 27.7 Å². The lowest BCUT2D eigenvalue weighted by atomic mass is 10.1. The molecule has 0 aromatic carbocycles. The SMILES string of the molecule is CCN(CC)CC(=O)NCC(C)(C)N. The van der Waals surface area contributed by atoms with Crippen molar-refractivity contribution in [3.63, 3.8) is 0 Å². The number of amides is 1. The van der Waals surface area contributed by atoms with Gasteiger partial charge in [-0.1, -0.05) is 13.8 Å². The Labute approximate surface area is 86.8 Å². The number of carbonyl (C=O) groups is 1. The Morgan fingerprint density at radius 3 is 2.21 bits per heavy atom. The minimum Gasteiger partial charge on any atom is -0.353 e. The Morgan fingerprint density at radius 2 is 1.86 bits per heavy atom. The molecule has 0 heterocycles. The van der Waals surface area contributed by atoms with Crippen molar-refractivity contribution in [3.8, 4) is 0 Å². The number of likely N-dealkylation sites (N-methyl/N-ethyl adjacent to an activating group) is 1. The molecule has 0 saturated heterocycles. The molecule has 0 radical (unpaired) electrons. The van der Waals surface area contributed by atoms with Crippen molar-refractivity contribution in [3.05, 3.63) is 0 Å². The van der Waals surface area contributed by atoms with E-state index >= 15 is 0 Å². The highest BCUT2D eigenvalue weighted by molar-refractivity contribution is 5.78. The zero-order valence-corrected chi connectivity index (χ0v) is 9.76. The van der Waals surface area contributed by atoms with Gasteiger partial charge in [-0.15, -0.1) is 0 Å². The summed E-state index contributed by atoms with van der Waals surface area (Å²) in [5.41, 5.74) is 5.42. The normalized spacial score (nSPS) is 11.9. The lowest BCUT2D eigenvalue weighted by molar-refractivity contribution is -0.122. The van der Waals surface area contributed by atoms with Gasteiger partial charge in [0.15, 0.2) is 0 Å². The fourth-order valence-electron chi connectivity index (χ4n) is 1.03. The second kappa shape index (κ2) is 5.98. The lowest BCUT2D eigenvalue weighted by Gasteiger charge is -2.21. The Morgan fingerprint density at radius 1 is 1.36 bits per heavy atom. The van der Waals surface area contributed by atoms with Crippen LogP contribution in [0.2, 0.25) is 0 Å². The molecule has 4 heteroatoms. The van der Waals surface area contributed by atoms with E-state index in [0.29, 0.717) is 13.1 Å². The van der Waals surface area contributed by atoms with E-state index in [0.717, 1.165) is 13.1 Å². The van der Waals surface area contributed by atoms with Crippen molar-refractivity contribution < 1.29 is 4.79 Å². The first-order valence-corrected chi connectivity index (χ1v) is 5.17.